The fraction of sp³-hybridized carbons (Fsp3) is 0.615. The molecule has 0 heterocycles. The standard InChI is InChI=1S/C13H21N3O3S/c1-13(2,3)16-11(17)9(7-14)8-15-10(12(18)19)5-6-20-4/h8,10,15H,5-6H2,1-4H3,(H,16,17)(H,18,19)/b9-8-. The fourth-order valence-electron chi connectivity index (χ4n) is 1.25. The van der Waals surface area contributed by atoms with E-state index in [0.717, 1.165) is 0 Å². The van der Waals surface area contributed by atoms with Crippen molar-refractivity contribution < 1.29 is 14.7 Å². The second-order valence-corrected chi connectivity index (χ2v) is 6.20. The van der Waals surface area contributed by atoms with Gasteiger partial charge in [-0.15, -0.1) is 0 Å². The van der Waals surface area contributed by atoms with Gasteiger partial charge in [-0.25, -0.2) is 4.79 Å². The minimum Gasteiger partial charge on any atom is -0.480 e. The Morgan fingerprint density at radius 1 is 1.45 bits per heavy atom. The van der Waals surface area contributed by atoms with E-state index in [1.165, 1.54) is 18.0 Å². The zero-order chi connectivity index (χ0) is 15.8. The molecule has 112 valence electrons. The van der Waals surface area contributed by atoms with Crippen molar-refractivity contribution in [3.05, 3.63) is 11.8 Å². The molecule has 0 rings (SSSR count). The summed E-state index contributed by atoms with van der Waals surface area (Å²) in [6, 6.07) is 0.951. The Hall–Kier alpha value is -1.68. The van der Waals surface area contributed by atoms with Crippen LogP contribution in [0, 0.1) is 11.3 Å². The number of carboxylic acid groups (broad SMARTS) is 1. The molecule has 0 aliphatic heterocycles. The van der Waals surface area contributed by atoms with Crippen molar-refractivity contribution in [1.29, 1.82) is 5.26 Å². The summed E-state index contributed by atoms with van der Waals surface area (Å²) in [6.07, 6.45) is 3.46. The average Bonchev–Trinajstić information content (AvgIpc) is 2.30. The van der Waals surface area contributed by atoms with Gasteiger partial charge in [0.15, 0.2) is 0 Å². The van der Waals surface area contributed by atoms with Gasteiger partial charge in [0.2, 0.25) is 0 Å². The summed E-state index contributed by atoms with van der Waals surface area (Å²) in [6.45, 7) is 5.39. The van der Waals surface area contributed by atoms with E-state index in [9.17, 15) is 9.59 Å². The average molecular weight is 299 g/mol. The van der Waals surface area contributed by atoms with Gasteiger partial charge in [0.1, 0.15) is 17.7 Å². The molecule has 0 aromatic rings. The molecule has 0 saturated heterocycles. The van der Waals surface area contributed by atoms with E-state index < -0.39 is 23.5 Å². The first kappa shape index (κ1) is 18.3. The molecule has 0 bridgehead atoms. The highest BCUT2D eigenvalue weighted by atomic mass is 32.2. The number of aliphatic carboxylic acids is 1. The maximum absolute atomic E-state index is 11.8. The third-order valence-electron chi connectivity index (χ3n) is 2.19. The largest absolute Gasteiger partial charge is 0.480 e. The number of amides is 1. The number of nitriles is 1. The third kappa shape index (κ3) is 7.69. The zero-order valence-corrected chi connectivity index (χ0v) is 13.0. The van der Waals surface area contributed by atoms with Gasteiger partial charge >= 0.3 is 5.97 Å². The van der Waals surface area contributed by atoms with Gasteiger partial charge in [0.25, 0.3) is 5.91 Å². The Morgan fingerprint density at radius 3 is 2.45 bits per heavy atom. The van der Waals surface area contributed by atoms with Gasteiger partial charge in [-0.2, -0.15) is 17.0 Å². The summed E-state index contributed by atoms with van der Waals surface area (Å²) >= 11 is 1.53. The van der Waals surface area contributed by atoms with Crippen molar-refractivity contribution in [3.63, 3.8) is 0 Å². The van der Waals surface area contributed by atoms with E-state index in [1.807, 2.05) is 6.26 Å². The number of hydrogen-bond donors (Lipinski definition) is 3. The normalized spacial score (nSPS) is 13.2. The molecule has 7 heteroatoms. The monoisotopic (exact) mass is 299 g/mol. The van der Waals surface area contributed by atoms with Crippen LogP contribution in [-0.2, 0) is 9.59 Å². The van der Waals surface area contributed by atoms with E-state index in [0.29, 0.717) is 12.2 Å². The Labute approximate surface area is 123 Å². The van der Waals surface area contributed by atoms with Crippen LogP contribution in [0.5, 0.6) is 0 Å². The second kappa shape index (κ2) is 8.48. The van der Waals surface area contributed by atoms with Crippen LogP contribution in [0.15, 0.2) is 11.8 Å². The van der Waals surface area contributed by atoms with Gasteiger partial charge in [-0.1, -0.05) is 0 Å². The Bertz CT molecular complexity index is 422. The van der Waals surface area contributed by atoms with Crippen LogP contribution in [-0.4, -0.2) is 40.6 Å². The number of nitrogens with zero attached hydrogens (tertiary/aromatic N) is 1. The molecule has 1 unspecified atom stereocenters. The van der Waals surface area contributed by atoms with E-state index in [1.54, 1.807) is 26.8 Å². The van der Waals surface area contributed by atoms with Gasteiger partial charge < -0.3 is 15.7 Å². The number of carbonyl (C=O) groups is 2. The number of carbonyl (C=O) groups excluding carboxylic acids is 1. The lowest BCUT2D eigenvalue weighted by atomic mass is 10.1. The summed E-state index contributed by atoms with van der Waals surface area (Å²) in [7, 11) is 0. The van der Waals surface area contributed by atoms with Crippen LogP contribution in [0.2, 0.25) is 0 Å². The smallest absolute Gasteiger partial charge is 0.326 e. The van der Waals surface area contributed by atoms with Gasteiger partial charge in [0, 0.05) is 11.7 Å². The zero-order valence-electron chi connectivity index (χ0n) is 12.2. The summed E-state index contributed by atoms with van der Waals surface area (Å²) in [4.78, 5) is 22.8. The first-order valence-electron chi connectivity index (χ1n) is 6.12. The highest BCUT2D eigenvalue weighted by Gasteiger charge is 2.19. The summed E-state index contributed by atoms with van der Waals surface area (Å²) in [5.74, 6) is -0.862. The topological polar surface area (TPSA) is 102 Å². The lowest BCUT2D eigenvalue weighted by Gasteiger charge is -2.20. The number of carboxylic acids is 1. The lowest BCUT2D eigenvalue weighted by Crippen LogP contribution is -2.42. The van der Waals surface area contributed by atoms with Crippen molar-refractivity contribution in [2.45, 2.75) is 38.8 Å². The van der Waals surface area contributed by atoms with Crippen molar-refractivity contribution in [1.82, 2.24) is 10.6 Å². The molecule has 0 spiro atoms. The van der Waals surface area contributed by atoms with Crippen LogP contribution in [0.1, 0.15) is 27.2 Å². The Kier molecular flexibility index (Phi) is 7.77. The van der Waals surface area contributed by atoms with Gasteiger partial charge in [0.05, 0.1) is 0 Å². The molecule has 1 amide bonds. The molecule has 3 N–H and O–H groups in total. The van der Waals surface area contributed by atoms with Crippen molar-refractivity contribution in [2.75, 3.05) is 12.0 Å². The summed E-state index contributed by atoms with van der Waals surface area (Å²) in [5, 5.41) is 23.2. The minimum absolute atomic E-state index is 0.143. The van der Waals surface area contributed by atoms with E-state index in [2.05, 4.69) is 10.6 Å². The fourth-order valence-corrected chi connectivity index (χ4v) is 1.73. The molecule has 6 nitrogen and oxygen atoms in total. The first-order chi connectivity index (χ1) is 9.21. The van der Waals surface area contributed by atoms with Crippen molar-refractivity contribution in [3.8, 4) is 6.07 Å². The van der Waals surface area contributed by atoms with Gasteiger partial charge in [-0.05, 0) is 39.2 Å². The van der Waals surface area contributed by atoms with Gasteiger partial charge in [-0.3, -0.25) is 4.79 Å². The van der Waals surface area contributed by atoms with Crippen LogP contribution in [0.4, 0.5) is 0 Å². The molecule has 0 saturated carbocycles. The summed E-state index contributed by atoms with van der Waals surface area (Å²) in [5.41, 5.74) is -0.603. The molecule has 0 aromatic heterocycles. The lowest BCUT2D eigenvalue weighted by molar-refractivity contribution is -0.139. The highest BCUT2D eigenvalue weighted by Crippen LogP contribution is 2.04. The predicted octanol–water partition coefficient (Wildman–Crippen LogP) is 1.10. The molecule has 1 atom stereocenters. The maximum atomic E-state index is 11.8. The molecular weight excluding hydrogens is 278 g/mol. The first-order valence-corrected chi connectivity index (χ1v) is 7.51. The van der Waals surface area contributed by atoms with Crippen LogP contribution in [0.3, 0.4) is 0 Å². The number of hydrogen-bond acceptors (Lipinski definition) is 5. The van der Waals surface area contributed by atoms with Crippen molar-refractivity contribution in [2.24, 2.45) is 0 Å². The van der Waals surface area contributed by atoms with E-state index >= 15 is 0 Å². The number of thioether (sulfide) groups is 1. The summed E-state index contributed by atoms with van der Waals surface area (Å²) < 4.78 is 0. The number of rotatable bonds is 7. The Morgan fingerprint density at radius 2 is 2.05 bits per heavy atom. The van der Waals surface area contributed by atoms with Crippen LogP contribution >= 0.6 is 11.8 Å². The third-order valence-corrected chi connectivity index (χ3v) is 2.84. The Balaban J connectivity index is 4.76. The van der Waals surface area contributed by atoms with Crippen LogP contribution in [0.25, 0.3) is 0 Å². The molecule has 0 fully saturated rings. The maximum Gasteiger partial charge on any atom is 0.326 e. The molecular formula is C13H21N3O3S. The highest BCUT2D eigenvalue weighted by molar-refractivity contribution is 7.98. The molecule has 0 aromatic carbocycles. The molecule has 20 heavy (non-hydrogen) atoms. The minimum atomic E-state index is -1.01. The second-order valence-electron chi connectivity index (χ2n) is 5.21. The number of nitrogens with one attached hydrogen (secondary N) is 2. The van der Waals surface area contributed by atoms with E-state index in [-0.39, 0.29) is 5.57 Å². The molecule has 0 radical (unpaired) electrons. The van der Waals surface area contributed by atoms with Crippen molar-refractivity contribution >= 4 is 23.6 Å². The molecule has 0 aliphatic carbocycles. The quantitative estimate of drug-likeness (QED) is 0.480. The van der Waals surface area contributed by atoms with E-state index in [4.69, 9.17) is 10.4 Å². The van der Waals surface area contributed by atoms with Crippen LogP contribution < -0.4 is 10.6 Å². The predicted molar refractivity (Wildman–Crippen MR) is 79.2 cm³/mol. The SMILES string of the molecule is CSCCC(N/C=C(/C#N)C(=O)NC(C)(C)C)C(=O)O. The molecule has 0 aliphatic rings.